The average molecular weight is 333 g/mol. The lowest BCUT2D eigenvalue weighted by molar-refractivity contribution is 0.349. The van der Waals surface area contributed by atoms with E-state index in [0.29, 0.717) is 15.9 Å². The van der Waals surface area contributed by atoms with E-state index in [1.807, 2.05) is 12.1 Å². The molecular weight excluding hydrogens is 318 g/mol. The molecule has 23 heavy (non-hydrogen) atoms. The summed E-state index contributed by atoms with van der Waals surface area (Å²) in [7, 11) is 0. The molecule has 2 aromatic carbocycles. The second-order valence-corrected chi connectivity index (χ2v) is 6.51. The monoisotopic (exact) mass is 332 g/mol. The van der Waals surface area contributed by atoms with Crippen molar-refractivity contribution in [3.8, 4) is 11.3 Å². The van der Waals surface area contributed by atoms with Crippen LogP contribution in [0.2, 0.25) is 5.02 Å². The summed E-state index contributed by atoms with van der Waals surface area (Å²) in [4.78, 5) is 3.12. The molecule has 3 aromatic rings. The summed E-state index contributed by atoms with van der Waals surface area (Å²) < 4.78 is 27.9. The Bertz CT molecular complexity index is 886. The Hall–Kier alpha value is -1.91. The van der Waals surface area contributed by atoms with Gasteiger partial charge in [-0.15, -0.1) is 0 Å². The number of aromatic nitrogens is 1. The van der Waals surface area contributed by atoms with Gasteiger partial charge in [-0.2, -0.15) is 0 Å². The van der Waals surface area contributed by atoms with E-state index >= 15 is 0 Å². The van der Waals surface area contributed by atoms with E-state index in [-0.39, 0.29) is 12.0 Å². The molecule has 1 aliphatic carbocycles. The topological polar surface area (TPSA) is 41.8 Å². The van der Waals surface area contributed by atoms with Gasteiger partial charge in [0.1, 0.15) is 11.6 Å². The first-order valence-corrected chi connectivity index (χ1v) is 7.94. The summed E-state index contributed by atoms with van der Waals surface area (Å²) in [6, 6.07) is 9.60. The van der Waals surface area contributed by atoms with Crippen LogP contribution in [0.25, 0.3) is 22.2 Å². The van der Waals surface area contributed by atoms with Crippen molar-refractivity contribution in [2.75, 3.05) is 0 Å². The molecule has 2 nitrogen and oxygen atoms in total. The number of rotatable bonds is 2. The van der Waals surface area contributed by atoms with E-state index in [9.17, 15) is 8.78 Å². The van der Waals surface area contributed by atoms with Crippen LogP contribution >= 0.6 is 11.6 Å². The predicted molar refractivity (Wildman–Crippen MR) is 88.6 cm³/mol. The Morgan fingerprint density at radius 1 is 1.09 bits per heavy atom. The standard InChI is InChI=1S/C18H15ClF2N2/c19-10-3-1-9(2-4-10)17-16(12-5-6-15(12)22)13-7-11(20)8-14(21)18(13)23-17/h1-4,7-8,12,15,23H,5-6,22H2. The maximum Gasteiger partial charge on any atom is 0.150 e. The van der Waals surface area contributed by atoms with E-state index in [1.165, 1.54) is 6.07 Å². The van der Waals surface area contributed by atoms with Gasteiger partial charge in [0.2, 0.25) is 0 Å². The van der Waals surface area contributed by atoms with Crippen molar-refractivity contribution in [3.05, 3.63) is 58.6 Å². The minimum atomic E-state index is -0.589. The third-order valence-electron chi connectivity index (χ3n) is 4.70. The molecular formula is C18H15ClF2N2. The number of nitrogens with two attached hydrogens (primary N) is 1. The van der Waals surface area contributed by atoms with E-state index in [0.717, 1.165) is 35.7 Å². The SMILES string of the molecule is NC1CCC1c1c(-c2ccc(Cl)cc2)[nH]c2c(F)cc(F)cc12. The van der Waals surface area contributed by atoms with Gasteiger partial charge in [-0.05, 0) is 42.2 Å². The highest BCUT2D eigenvalue weighted by molar-refractivity contribution is 6.30. The highest BCUT2D eigenvalue weighted by Crippen LogP contribution is 2.45. The molecule has 0 amide bonds. The molecule has 1 aliphatic rings. The zero-order chi connectivity index (χ0) is 16.1. The maximum atomic E-state index is 14.2. The quantitative estimate of drug-likeness (QED) is 0.683. The first-order valence-electron chi connectivity index (χ1n) is 7.56. The normalized spacial score (nSPS) is 20.7. The number of fused-ring (bicyclic) bond motifs is 1. The van der Waals surface area contributed by atoms with Crippen molar-refractivity contribution in [1.29, 1.82) is 0 Å². The van der Waals surface area contributed by atoms with Gasteiger partial charge >= 0.3 is 0 Å². The molecule has 5 heteroatoms. The molecule has 1 heterocycles. The third-order valence-corrected chi connectivity index (χ3v) is 4.95. The highest BCUT2D eigenvalue weighted by atomic mass is 35.5. The summed E-state index contributed by atoms with van der Waals surface area (Å²) >= 11 is 5.95. The van der Waals surface area contributed by atoms with Crippen LogP contribution in [0.3, 0.4) is 0 Å². The third kappa shape index (κ3) is 2.33. The molecule has 1 saturated carbocycles. The Kier molecular flexibility index (Phi) is 3.39. The van der Waals surface area contributed by atoms with Crippen LogP contribution in [0, 0.1) is 11.6 Å². The number of nitrogens with one attached hydrogen (secondary N) is 1. The molecule has 0 saturated heterocycles. The first kappa shape index (κ1) is 14.7. The fourth-order valence-electron chi connectivity index (χ4n) is 3.35. The number of H-pyrrole nitrogens is 1. The summed E-state index contributed by atoms with van der Waals surface area (Å²) in [5, 5.41) is 1.21. The lowest BCUT2D eigenvalue weighted by atomic mass is 9.74. The van der Waals surface area contributed by atoms with Crippen molar-refractivity contribution in [1.82, 2.24) is 4.98 Å². The largest absolute Gasteiger partial charge is 0.352 e. The second kappa shape index (κ2) is 5.32. The zero-order valence-corrected chi connectivity index (χ0v) is 13.0. The van der Waals surface area contributed by atoms with Crippen LogP contribution in [-0.4, -0.2) is 11.0 Å². The molecule has 0 aliphatic heterocycles. The van der Waals surface area contributed by atoms with Crippen molar-refractivity contribution in [2.45, 2.75) is 24.8 Å². The predicted octanol–water partition coefficient (Wildman–Crippen LogP) is 4.97. The average Bonchev–Trinajstić information content (AvgIpc) is 2.86. The first-order chi connectivity index (χ1) is 11.0. The molecule has 0 spiro atoms. The van der Waals surface area contributed by atoms with Gasteiger partial charge in [0.25, 0.3) is 0 Å². The van der Waals surface area contributed by atoms with Gasteiger partial charge in [-0.25, -0.2) is 8.78 Å². The Balaban J connectivity index is 2.00. The van der Waals surface area contributed by atoms with Crippen LogP contribution in [-0.2, 0) is 0 Å². The lowest BCUT2D eigenvalue weighted by Gasteiger charge is -2.34. The molecule has 4 rings (SSSR count). The van der Waals surface area contributed by atoms with E-state index in [1.54, 1.807) is 12.1 Å². The van der Waals surface area contributed by atoms with Gasteiger partial charge in [0.15, 0.2) is 0 Å². The van der Waals surface area contributed by atoms with Crippen molar-refractivity contribution in [3.63, 3.8) is 0 Å². The molecule has 1 aromatic heterocycles. The van der Waals surface area contributed by atoms with E-state index in [4.69, 9.17) is 17.3 Å². The lowest BCUT2D eigenvalue weighted by Crippen LogP contribution is -2.37. The minimum absolute atomic E-state index is 0.0198. The van der Waals surface area contributed by atoms with Crippen molar-refractivity contribution >= 4 is 22.5 Å². The number of benzene rings is 2. The number of aromatic amines is 1. The van der Waals surface area contributed by atoms with Gasteiger partial charge < -0.3 is 10.7 Å². The summed E-state index contributed by atoms with van der Waals surface area (Å²) in [5.41, 5.74) is 9.04. The van der Waals surface area contributed by atoms with Gasteiger partial charge in [-0.1, -0.05) is 23.7 Å². The fraction of sp³-hybridized carbons (Fsp3) is 0.222. The number of halogens is 3. The molecule has 1 fully saturated rings. The second-order valence-electron chi connectivity index (χ2n) is 6.08. The fourth-order valence-corrected chi connectivity index (χ4v) is 3.48. The maximum absolute atomic E-state index is 14.2. The van der Waals surface area contributed by atoms with Crippen LogP contribution in [0.15, 0.2) is 36.4 Å². The Morgan fingerprint density at radius 3 is 2.43 bits per heavy atom. The zero-order valence-electron chi connectivity index (χ0n) is 12.2. The number of hydrogen-bond acceptors (Lipinski definition) is 1. The molecule has 3 N–H and O–H groups in total. The van der Waals surface area contributed by atoms with Crippen molar-refractivity contribution in [2.24, 2.45) is 5.73 Å². The Morgan fingerprint density at radius 2 is 1.83 bits per heavy atom. The van der Waals surface area contributed by atoms with Gasteiger partial charge in [0, 0.05) is 28.4 Å². The molecule has 2 atom stereocenters. The van der Waals surface area contributed by atoms with Crippen LogP contribution in [0.5, 0.6) is 0 Å². The summed E-state index contributed by atoms with van der Waals surface area (Å²) in [6.07, 6.45) is 1.85. The van der Waals surface area contributed by atoms with E-state index in [2.05, 4.69) is 4.98 Å². The summed E-state index contributed by atoms with van der Waals surface area (Å²) in [5.74, 6) is -1.06. The van der Waals surface area contributed by atoms with Gasteiger partial charge in [0.05, 0.1) is 11.2 Å². The summed E-state index contributed by atoms with van der Waals surface area (Å²) in [6.45, 7) is 0. The van der Waals surface area contributed by atoms with Crippen molar-refractivity contribution < 1.29 is 8.78 Å². The van der Waals surface area contributed by atoms with E-state index < -0.39 is 11.6 Å². The number of hydrogen-bond donors (Lipinski definition) is 2. The highest BCUT2D eigenvalue weighted by Gasteiger charge is 2.34. The van der Waals surface area contributed by atoms with Crippen LogP contribution < -0.4 is 5.73 Å². The molecule has 0 bridgehead atoms. The minimum Gasteiger partial charge on any atom is -0.352 e. The van der Waals surface area contributed by atoms with Crippen LogP contribution in [0.1, 0.15) is 24.3 Å². The molecule has 118 valence electrons. The van der Waals surface area contributed by atoms with Crippen LogP contribution in [0.4, 0.5) is 8.78 Å². The smallest absolute Gasteiger partial charge is 0.150 e. The Labute approximate surface area is 137 Å². The van der Waals surface area contributed by atoms with Gasteiger partial charge in [-0.3, -0.25) is 0 Å². The molecule has 0 radical (unpaired) electrons. The molecule has 2 unspecified atom stereocenters.